The zero-order valence-corrected chi connectivity index (χ0v) is 15.8. The number of piperazine rings is 1. The highest BCUT2D eigenvalue weighted by Crippen LogP contribution is 2.22. The molecule has 0 aliphatic carbocycles. The van der Waals surface area contributed by atoms with Crippen molar-refractivity contribution in [3.05, 3.63) is 83.7 Å². The molecule has 1 aliphatic heterocycles. The fourth-order valence-corrected chi connectivity index (χ4v) is 3.81. The number of benzene rings is 2. The van der Waals surface area contributed by atoms with Crippen molar-refractivity contribution in [1.82, 2.24) is 9.47 Å². The number of para-hydroxylation sites is 2. The van der Waals surface area contributed by atoms with Crippen LogP contribution in [0.4, 0.5) is 5.69 Å². The average molecular weight is 355 g/mol. The number of hydrogen-bond donors (Lipinski definition) is 0. The SMILES string of the molecule is C#Cc1ccccc1N1CCN(Cc2ccn(-c3ccccc3C)c2)CC1. The second kappa shape index (κ2) is 7.73. The summed E-state index contributed by atoms with van der Waals surface area (Å²) in [6.45, 7) is 7.27. The van der Waals surface area contributed by atoms with Crippen molar-refractivity contribution in [3.63, 3.8) is 0 Å². The van der Waals surface area contributed by atoms with Crippen LogP contribution in [0.15, 0.2) is 67.0 Å². The summed E-state index contributed by atoms with van der Waals surface area (Å²) in [5.41, 5.74) is 6.07. The largest absolute Gasteiger partial charge is 0.368 e. The molecule has 0 radical (unpaired) electrons. The van der Waals surface area contributed by atoms with Crippen LogP contribution in [0.2, 0.25) is 0 Å². The predicted octanol–water partition coefficient (Wildman–Crippen LogP) is 4.09. The van der Waals surface area contributed by atoms with Gasteiger partial charge in [0, 0.05) is 56.4 Å². The fourth-order valence-electron chi connectivity index (χ4n) is 3.81. The third-order valence-corrected chi connectivity index (χ3v) is 5.33. The standard InChI is InChI=1S/C24H25N3/c1-3-22-9-5-7-11-24(22)26-16-14-25(15-17-26)18-21-12-13-27(19-21)23-10-6-4-8-20(23)2/h1,4-13,19H,14-18H2,2H3. The molecule has 0 bridgehead atoms. The quantitative estimate of drug-likeness (QED) is 0.653. The van der Waals surface area contributed by atoms with Crippen LogP contribution < -0.4 is 4.90 Å². The number of anilines is 1. The number of terminal acetylenes is 1. The van der Waals surface area contributed by atoms with Crippen LogP contribution in [0.5, 0.6) is 0 Å². The Bertz CT molecular complexity index is 956. The van der Waals surface area contributed by atoms with E-state index in [1.54, 1.807) is 0 Å². The molecule has 0 saturated carbocycles. The first-order chi connectivity index (χ1) is 13.2. The monoisotopic (exact) mass is 355 g/mol. The lowest BCUT2D eigenvalue weighted by atomic mass is 10.1. The van der Waals surface area contributed by atoms with Crippen molar-refractivity contribution < 1.29 is 0 Å². The summed E-state index contributed by atoms with van der Waals surface area (Å²) in [7, 11) is 0. The predicted molar refractivity (Wildman–Crippen MR) is 112 cm³/mol. The maximum atomic E-state index is 5.66. The second-order valence-electron chi connectivity index (χ2n) is 7.14. The van der Waals surface area contributed by atoms with Crippen molar-refractivity contribution in [2.45, 2.75) is 13.5 Å². The van der Waals surface area contributed by atoms with Crippen LogP contribution in [0.25, 0.3) is 5.69 Å². The molecule has 136 valence electrons. The van der Waals surface area contributed by atoms with E-state index < -0.39 is 0 Å². The van der Waals surface area contributed by atoms with E-state index in [1.807, 2.05) is 12.1 Å². The topological polar surface area (TPSA) is 11.4 Å². The lowest BCUT2D eigenvalue weighted by Gasteiger charge is -2.36. The van der Waals surface area contributed by atoms with Gasteiger partial charge in [-0.1, -0.05) is 36.3 Å². The molecule has 1 aromatic heterocycles. The Morgan fingerprint density at radius 2 is 1.59 bits per heavy atom. The fraction of sp³-hybridized carbons (Fsp3) is 0.250. The molecule has 0 spiro atoms. The first-order valence-electron chi connectivity index (χ1n) is 9.50. The highest BCUT2D eigenvalue weighted by atomic mass is 15.3. The molecule has 27 heavy (non-hydrogen) atoms. The zero-order valence-electron chi connectivity index (χ0n) is 15.8. The van der Waals surface area contributed by atoms with Gasteiger partial charge in [-0.15, -0.1) is 6.42 Å². The highest BCUT2D eigenvalue weighted by molar-refractivity contribution is 5.60. The Morgan fingerprint density at radius 1 is 0.889 bits per heavy atom. The van der Waals surface area contributed by atoms with E-state index in [0.29, 0.717) is 0 Å². The summed E-state index contributed by atoms with van der Waals surface area (Å²) in [4.78, 5) is 4.93. The lowest BCUT2D eigenvalue weighted by molar-refractivity contribution is 0.250. The summed E-state index contributed by atoms with van der Waals surface area (Å²) in [6.07, 6.45) is 10.1. The van der Waals surface area contributed by atoms with E-state index in [0.717, 1.165) is 38.3 Å². The smallest absolute Gasteiger partial charge is 0.0526 e. The van der Waals surface area contributed by atoms with Gasteiger partial charge in [0.2, 0.25) is 0 Å². The second-order valence-corrected chi connectivity index (χ2v) is 7.14. The minimum absolute atomic E-state index is 0.987. The van der Waals surface area contributed by atoms with Crippen LogP contribution in [0.3, 0.4) is 0 Å². The van der Waals surface area contributed by atoms with Crippen molar-refractivity contribution in [2.75, 3.05) is 31.1 Å². The van der Waals surface area contributed by atoms with E-state index in [9.17, 15) is 0 Å². The van der Waals surface area contributed by atoms with E-state index >= 15 is 0 Å². The Balaban J connectivity index is 1.39. The Kier molecular flexibility index (Phi) is 5.00. The molecule has 0 atom stereocenters. The van der Waals surface area contributed by atoms with Crippen LogP contribution >= 0.6 is 0 Å². The van der Waals surface area contributed by atoms with Crippen LogP contribution in [0.1, 0.15) is 16.7 Å². The van der Waals surface area contributed by atoms with Gasteiger partial charge in [-0.25, -0.2) is 0 Å². The summed E-state index contributed by atoms with van der Waals surface area (Å²) in [5.74, 6) is 2.81. The molecular weight excluding hydrogens is 330 g/mol. The van der Waals surface area contributed by atoms with E-state index in [2.05, 4.69) is 82.1 Å². The van der Waals surface area contributed by atoms with Gasteiger partial charge in [0.15, 0.2) is 0 Å². The molecule has 0 amide bonds. The van der Waals surface area contributed by atoms with E-state index in [1.165, 1.54) is 22.5 Å². The van der Waals surface area contributed by atoms with Gasteiger partial charge >= 0.3 is 0 Å². The normalized spacial score (nSPS) is 14.9. The van der Waals surface area contributed by atoms with E-state index in [4.69, 9.17) is 6.42 Å². The van der Waals surface area contributed by atoms with Crippen molar-refractivity contribution in [3.8, 4) is 18.0 Å². The van der Waals surface area contributed by atoms with Gasteiger partial charge in [-0.3, -0.25) is 4.90 Å². The molecule has 1 fully saturated rings. The summed E-state index contributed by atoms with van der Waals surface area (Å²) in [5, 5.41) is 0. The lowest BCUT2D eigenvalue weighted by Crippen LogP contribution is -2.46. The number of aromatic nitrogens is 1. The first-order valence-corrected chi connectivity index (χ1v) is 9.50. The molecule has 1 saturated heterocycles. The third-order valence-electron chi connectivity index (χ3n) is 5.33. The molecule has 0 unspecified atom stereocenters. The molecule has 3 aromatic rings. The molecule has 4 rings (SSSR count). The number of hydrogen-bond acceptors (Lipinski definition) is 2. The van der Waals surface area contributed by atoms with Crippen LogP contribution in [0, 0.1) is 19.3 Å². The van der Waals surface area contributed by atoms with Gasteiger partial charge in [0.05, 0.1) is 5.69 Å². The summed E-state index contributed by atoms with van der Waals surface area (Å²) in [6, 6.07) is 19.0. The number of aryl methyl sites for hydroxylation is 1. The average Bonchev–Trinajstić information content (AvgIpc) is 3.17. The van der Waals surface area contributed by atoms with Gasteiger partial charge in [-0.2, -0.15) is 0 Å². The van der Waals surface area contributed by atoms with E-state index in [-0.39, 0.29) is 0 Å². The molecule has 3 nitrogen and oxygen atoms in total. The minimum atomic E-state index is 0.987. The maximum Gasteiger partial charge on any atom is 0.0526 e. The van der Waals surface area contributed by atoms with Crippen LogP contribution in [-0.4, -0.2) is 35.6 Å². The third kappa shape index (κ3) is 3.77. The van der Waals surface area contributed by atoms with Crippen LogP contribution in [-0.2, 0) is 6.54 Å². The molecule has 2 heterocycles. The molecule has 3 heteroatoms. The molecule has 2 aromatic carbocycles. The van der Waals surface area contributed by atoms with Crippen molar-refractivity contribution >= 4 is 5.69 Å². The van der Waals surface area contributed by atoms with Crippen molar-refractivity contribution in [2.24, 2.45) is 0 Å². The Labute approximate surface area is 161 Å². The summed E-state index contributed by atoms with van der Waals surface area (Å²) >= 11 is 0. The van der Waals surface area contributed by atoms with Gasteiger partial charge in [-0.05, 0) is 42.3 Å². The Hall–Kier alpha value is -2.96. The van der Waals surface area contributed by atoms with Gasteiger partial charge in [0.25, 0.3) is 0 Å². The number of rotatable bonds is 4. The van der Waals surface area contributed by atoms with Crippen molar-refractivity contribution in [1.29, 1.82) is 0 Å². The highest BCUT2D eigenvalue weighted by Gasteiger charge is 2.19. The Morgan fingerprint density at radius 3 is 2.33 bits per heavy atom. The minimum Gasteiger partial charge on any atom is -0.368 e. The molecular formula is C24H25N3. The van der Waals surface area contributed by atoms with Gasteiger partial charge in [0.1, 0.15) is 0 Å². The van der Waals surface area contributed by atoms with Gasteiger partial charge < -0.3 is 9.47 Å². The molecule has 0 N–H and O–H groups in total. The summed E-state index contributed by atoms with van der Waals surface area (Å²) < 4.78 is 2.23. The number of nitrogens with zero attached hydrogens (tertiary/aromatic N) is 3. The molecule has 1 aliphatic rings. The zero-order chi connectivity index (χ0) is 18.6. The maximum absolute atomic E-state index is 5.66. The first kappa shape index (κ1) is 17.5.